The fourth-order valence-electron chi connectivity index (χ4n) is 1.53. The Morgan fingerprint density at radius 1 is 1.44 bits per heavy atom. The van der Waals surface area contributed by atoms with Crippen molar-refractivity contribution >= 4 is 10.0 Å². The van der Waals surface area contributed by atoms with Gasteiger partial charge in [-0.2, -0.15) is 10.4 Å². The first-order chi connectivity index (χ1) is 8.10. The predicted molar refractivity (Wildman–Crippen MR) is 67.3 cm³/mol. The second kappa shape index (κ2) is 4.71. The summed E-state index contributed by atoms with van der Waals surface area (Å²) < 4.78 is 28.3. The average molecular weight is 270 g/mol. The molecule has 0 aliphatic carbocycles. The van der Waals surface area contributed by atoms with Crippen molar-refractivity contribution in [3.05, 3.63) is 11.4 Å². The van der Waals surface area contributed by atoms with Crippen molar-refractivity contribution in [2.45, 2.75) is 32.6 Å². The highest BCUT2D eigenvalue weighted by Gasteiger charge is 2.26. The minimum absolute atomic E-state index is 0.0691. The molecule has 0 aromatic carbocycles. The number of hydrogen-bond acceptors (Lipinski definition) is 4. The summed E-state index contributed by atoms with van der Waals surface area (Å²) in [4.78, 5) is 0.193. The molecular weight excluding hydrogens is 252 g/mol. The van der Waals surface area contributed by atoms with Crippen LogP contribution in [0.1, 0.15) is 25.2 Å². The highest BCUT2D eigenvalue weighted by atomic mass is 32.2. The number of nitriles is 1. The van der Waals surface area contributed by atoms with Gasteiger partial charge in [-0.25, -0.2) is 13.1 Å². The van der Waals surface area contributed by atoms with Crippen LogP contribution in [-0.2, 0) is 17.1 Å². The summed E-state index contributed by atoms with van der Waals surface area (Å²) in [6.07, 6.45) is 0. The van der Waals surface area contributed by atoms with Crippen LogP contribution in [0.15, 0.2) is 4.90 Å². The molecule has 100 valence electrons. The van der Waals surface area contributed by atoms with E-state index < -0.39 is 15.4 Å². The summed E-state index contributed by atoms with van der Waals surface area (Å²) in [6, 6.07) is 2.05. The van der Waals surface area contributed by atoms with Gasteiger partial charge in [0.25, 0.3) is 0 Å². The summed E-state index contributed by atoms with van der Waals surface area (Å²) in [5.74, 6) is 0. The van der Waals surface area contributed by atoms with Crippen LogP contribution in [0.5, 0.6) is 0 Å². The Kier molecular flexibility index (Phi) is 3.84. The van der Waals surface area contributed by atoms with Crippen molar-refractivity contribution in [1.82, 2.24) is 14.5 Å². The highest BCUT2D eigenvalue weighted by molar-refractivity contribution is 7.89. The van der Waals surface area contributed by atoms with Crippen molar-refractivity contribution < 1.29 is 8.42 Å². The van der Waals surface area contributed by atoms with Crippen LogP contribution >= 0.6 is 0 Å². The molecule has 0 saturated carbocycles. The SMILES string of the molecule is Cc1nn(C)c(C)c1S(=O)(=O)NCC(C)(C)C#N. The minimum Gasteiger partial charge on any atom is -0.271 e. The zero-order valence-electron chi connectivity index (χ0n) is 11.3. The van der Waals surface area contributed by atoms with Crippen LogP contribution in [0.25, 0.3) is 0 Å². The number of nitrogens with zero attached hydrogens (tertiary/aromatic N) is 3. The summed E-state index contributed by atoms with van der Waals surface area (Å²) in [7, 11) is -1.93. The van der Waals surface area contributed by atoms with Crippen molar-refractivity contribution in [2.75, 3.05) is 6.54 Å². The second-order valence-electron chi connectivity index (χ2n) is 4.94. The molecule has 0 fully saturated rings. The number of hydrogen-bond donors (Lipinski definition) is 1. The molecule has 1 heterocycles. The first-order valence-corrected chi connectivity index (χ1v) is 7.00. The van der Waals surface area contributed by atoms with Crippen molar-refractivity contribution in [2.24, 2.45) is 12.5 Å². The fourth-order valence-corrected chi connectivity index (χ4v) is 3.18. The van der Waals surface area contributed by atoms with E-state index in [1.165, 1.54) is 4.68 Å². The summed E-state index contributed by atoms with van der Waals surface area (Å²) in [5.41, 5.74) is 0.295. The molecule has 1 aromatic rings. The molecule has 0 atom stereocenters. The largest absolute Gasteiger partial charge is 0.271 e. The molecule has 0 spiro atoms. The van der Waals surface area contributed by atoms with E-state index in [1.807, 2.05) is 0 Å². The van der Waals surface area contributed by atoms with Gasteiger partial charge in [-0.1, -0.05) is 0 Å². The third-order valence-electron chi connectivity index (χ3n) is 2.72. The third kappa shape index (κ3) is 2.89. The van der Waals surface area contributed by atoms with Gasteiger partial charge in [0.1, 0.15) is 4.90 Å². The van der Waals surface area contributed by atoms with Gasteiger partial charge in [0, 0.05) is 13.6 Å². The minimum atomic E-state index is -3.63. The molecule has 18 heavy (non-hydrogen) atoms. The van der Waals surface area contributed by atoms with Gasteiger partial charge >= 0.3 is 0 Å². The molecule has 1 N–H and O–H groups in total. The second-order valence-corrected chi connectivity index (χ2v) is 6.65. The number of aromatic nitrogens is 2. The lowest BCUT2D eigenvalue weighted by molar-refractivity contribution is 0.478. The van der Waals surface area contributed by atoms with E-state index >= 15 is 0 Å². The molecule has 0 aliphatic heterocycles. The van der Waals surface area contributed by atoms with E-state index in [4.69, 9.17) is 5.26 Å². The lowest BCUT2D eigenvalue weighted by Crippen LogP contribution is -2.33. The van der Waals surface area contributed by atoms with Crippen molar-refractivity contribution in [3.63, 3.8) is 0 Å². The number of rotatable bonds is 4. The summed E-state index contributed by atoms with van der Waals surface area (Å²) in [5, 5.41) is 12.9. The van der Waals surface area contributed by atoms with Crippen LogP contribution in [0.3, 0.4) is 0 Å². The zero-order valence-corrected chi connectivity index (χ0v) is 12.1. The van der Waals surface area contributed by atoms with Crippen LogP contribution in [-0.4, -0.2) is 24.7 Å². The summed E-state index contributed by atoms with van der Waals surface area (Å²) in [6.45, 7) is 6.78. The third-order valence-corrected chi connectivity index (χ3v) is 4.37. The Morgan fingerprint density at radius 2 is 2.00 bits per heavy atom. The van der Waals surface area contributed by atoms with Gasteiger partial charge in [-0.05, 0) is 27.7 Å². The Labute approximate surface area is 108 Å². The Bertz CT molecular complexity index is 593. The molecule has 7 heteroatoms. The summed E-state index contributed by atoms with van der Waals surface area (Å²) >= 11 is 0. The van der Waals surface area contributed by atoms with E-state index in [1.54, 1.807) is 34.7 Å². The molecule has 0 amide bonds. The normalized spacial score (nSPS) is 12.4. The molecule has 0 bridgehead atoms. The van der Waals surface area contributed by atoms with Crippen LogP contribution in [0, 0.1) is 30.6 Å². The highest BCUT2D eigenvalue weighted by Crippen LogP contribution is 2.19. The van der Waals surface area contributed by atoms with Gasteiger partial charge < -0.3 is 0 Å². The number of sulfonamides is 1. The van der Waals surface area contributed by atoms with Crippen LogP contribution in [0.4, 0.5) is 0 Å². The van der Waals surface area contributed by atoms with Gasteiger partial charge in [0.15, 0.2) is 0 Å². The van der Waals surface area contributed by atoms with Crippen molar-refractivity contribution in [1.29, 1.82) is 5.26 Å². The molecule has 0 aliphatic rings. The Hall–Kier alpha value is -1.39. The number of aryl methyl sites for hydroxylation is 2. The molecule has 0 unspecified atom stereocenters. The average Bonchev–Trinajstić information content (AvgIpc) is 2.51. The molecule has 6 nitrogen and oxygen atoms in total. The van der Waals surface area contributed by atoms with Crippen LogP contribution < -0.4 is 4.72 Å². The Morgan fingerprint density at radius 3 is 2.39 bits per heavy atom. The van der Waals surface area contributed by atoms with E-state index in [0.29, 0.717) is 11.4 Å². The molecular formula is C11H18N4O2S. The predicted octanol–water partition coefficient (Wildman–Crippen LogP) is 0.865. The fraction of sp³-hybridized carbons (Fsp3) is 0.636. The molecule has 0 saturated heterocycles. The maximum Gasteiger partial charge on any atom is 0.244 e. The maximum absolute atomic E-state index is 12.2. The Balaban J connectivity index is 3.06. The van der Waals surface area contributed by atoms with Gasteiger partial charge in [-0.15, -0.1) is 0 Å². The van der Waals surface area contributed by atoms with E-state index in [9.17, 15) is 8.42 Å². The molecule has 0 radical (unpaired) electrons. The lowest BCUT2D eigenvalue weighted by Gasteiger charge is -2.16. The lowest BCUT2D eigenvalue weighted by atomic mass is 9.97. The maximum atomic E-state index is 12.2. The topological polar surface area (TPSA) is 87.8 Å². The van der Waals surface area contributed by atoms with Crippen LogP contribution in [0.2, 0.25) is 0 Å². The molecule has 1 aromatic heterocycles. The van der Waals surface area contributed by atoms with E-state index in [-0.39, 0.29) is 11.4 Å². The van der Waals surface area contributed by atoms with Gasteiger partial charge in [0.05, 0.1) is 22.9 Å². The van der Waals surface area contributed by atoms with Crippen molar-refractivity contribution in [3.8, 4) is 6.07 Å². The standard InChI is InChI=1S/C11H18N4O2S/c1-8-10(9(2)15(5)14-8)18(16,17)13-7-11(3,4)6-12/h13H,7H2,1-5H3. The quantitative estimate of drug-likeness (QED) is 0.879. The first kappa shape index (κ1) is 14.7. The number of nitrogens with one attached hydrogen (secondary N) is 1. The van der Waals surface area contributed by atoms with Gasteiger partial charge in [0.2, 0.25) is 10.0 Å². The van der Waals surface area contributed by atoms with E-state index in [2.05, 4.69) is 15.9 Å². The molecule has 1 rings (SSSR count). The first-order valence-electron chi connectivity index (χ1n) is 5.52. The zero-order chi connectivity index (χ0) is 14.1. The van der Waals surface area contributed by atoms with E-state index in [0.717, 1.165) is 0 Å². The smallest absolute Gasteiger partial charge is 0.244 e. The van der Waals surface area contributed by atoms with Gasteiger partial charge in [-0.3, -0.25) is 4.68 Å². The monoisotopic (exact) mass is 270 g/mol.